The molecule has 7 N–H and O–H groups in total. The SMILES string of the molecule is C[C@H](CCC(=O)O)[C@H]1CC[C@H]2[C@@H]3CCC4CCCC[C@]4(C)[C@H]3CC[C@]12C.O.O.O. The summed E-state index contributed by atoms with van der Waals surface area (Å²) in [6, 6.07) is 0. The number of fused-ring (bicyclic) bond motifs is 5. The van der Waals surface area contributed by atoms with Gasteiger partial charge in [-0.25, -0.2) is 0 Å². The lowest BCUT2D eigenvalue weighted by atomic mass is 9.44. The van der Waals surface area contributed by atoms with Gasteiger partial charge in [0, 0.05) is 6.42 Å². The molecule has 0 heterocycles. The standard InChI is InChI=1S/C24H40O2.3H2O/c1-16(7-12-22(25)26)19-10-11-20-18-9-8-17-6-4-5-14-23(17,2)21(18)13-15-24(19,20)3;;;/h16-21H,4-15H2,1-3H3,(H,25,26);3*1H2/t16-,17?,18+,19-,20+,21+,23+,24-;;;/m1.../s1. The second kappa shape index (κ2) is 9.65. The van der Waals surface area contributed by atoms with Gasteiger partial charge in [-0.15, -0.1) is 0 Å². The number of hydrogen-bond donors (Lipinski definition) is 1. The first-order chi connectivity index (χ1) is 12.4. The highest BCUT2D eigenvalue weighted by Gasteiger charge is 2.60. The summed E-state index contributed by atoms with van der Waals surface area (Å²) in [6.07, 6.45) is 15.7. The fourth-order valence-electron chi connectivity index (χ4n) is 8.82. The maximum Gasteiger partial charge on any atom is 0.303 e. The Morgan fingerprint density at radius 1 is 0.897 bits per heavy atom. The van der Waals surface area contributed by atoms with Crippen molar-refractivity contribution in [2.75, 3.05) is 0 Å². The predicted octanol–water partition coefficient (Wildman–Crippen LogP) is 4.06. The van der Waals surface area contributed by atoms with Crippen molar-refractivity contribution >= 4 is 5.97 Å². The van der Waals surface area contributed by atoms with Gasteiger partial charge in [-0.1, -0.05) is 33.6 Å². The molecule has 4 aliphatic rings. The monoisotopic (exact) mass is 414 g/mol. The Bertz CT molecular complexity index is 551. The third-order valence-electron chi connectivity index (χ3n) is 10.2. The molecule has 0 aliphatic heterocycles. The van der Waals surface area contributed by atoms with Crippen LogP contribution in [0.15, 0.2) is 0 Å². The topological polar surface area (TPSA) is 132 Å². The van der Waals surface area contributed by atoms with Crippen LogP contribution >= 0.6 is 0 Å². The number of rotatable bonds is 4. The Hall–Kier alpha value is -0.650. The molecular formula is C24H46O5. The van der Waals surface area contributed by atoms with Crippen LogP contribution < -0.4 is 0 Å². The van der Waals surface area contributed by atoms with Gasteiger partial charge < -0.3 is 21.5 Å². The summed E-state index contributed by atoms with van der Waals surface area (Å²) in [5, 5.41) is 9.09. The van der Waals surface area contributed by atoms with E-state index >= 15 is 0 Å². The van der Waals surface area contributed by atoms with Gasteiger partial charge in [0.15, 0.2) is 0 Å². The largest absolute Gasteiger partial charge is 0.481 e. The fraction of sp³-hybridized carbons (Fsp3) is 0.958. The van der Waals surface area contributed by atoms with Gasteiger partial charge in [0.05, 0.1) is 0 Å². The molecule has 0 aromatic rings. The lowest BCUT2D eigenvalue weighted by molar-refractivity contribution is -0.137. The van der Waals surface area contributed by atoms with Crippen LogP contribution in [0.2, 0.25) is 0 Å². The van der Waals surface area contributed by atoms with Crippen molar-refractivity contribution in [1.82, 2.24) is 0 Å². The summed E-state index contributed by atoms with van der Waals surface area (Å²) in [4.78, 5) is 11.0. The Morgan fingerprint density at radius 3 is 2.28 bits per heavy atom. The van der Waals surface area contributed by atoms with Crippen molar-refractivity contribution < 1.29 is 26.3 Å². The molecular weight excluding hydrogens is 368 g/mol. The highest BCUT2D eigenvalue weighted by atomic mass is 16.4. The van der Waals surface area contributed by atoms with E-state index in [-0.39, 0.29) is 16.4 Å². The van der Waals surface area contributed by atoms with Gasteiger partial charge in [0.1, 0.15) is 0 Å². The van der Waals surface area contributed by atoms with Gasteiger partial charge in [0.25, 0.3) is 0 Å². The van der Waals surface area contributed by atoms with Crippen LogP contribution in [-0.4, -0.2) is 27.5 Å². The van der Waals surface area contributed by atoms with E-state index in [1.807, 2.05) is 0 Å². The average molecular weight is 415 g/mol. The Kier molecular flexibility index (Phi) is 8.78. The van der Waals surface area contributed by atoms with E-state index in [2.05, 4.69) is 20.8 Å². The Balaban J connectivity index is 0.00000140. The lowest BCUT2D eigenvalue weighted by Crippen LogP contribution is -2.53. The first-order valence-electron chi connectivity index (χ1n) is 11.6. The molecule has 4 fully saturated rings. The van der Waals surface area contributed by atoms with Gasteiger partial charge >= 0.3 is 5.97 Å². The van der Waals surface area contributed by atoms with Crippen LogP contribution in [0.4, 0.5) is 0 Å². The van der Waals surface area contributed by atoms with Gasteiger partial charge in [-0.3, -0.25) is 4.79 Å². The van der Waals surface area contributed by atoms with Crippen molar-refractivity contribution in [2.24, 2.45) is 46.3 Å². The third kappa shape index (κ3) is 4.24. The zero-order valence-electron chi connectivity index (χ0n) is 18.8. The molecule has 5 nitrogen and oxygen atoms in total. The highest BCUT2D eigenvalue weighted by Crippen LogP contribution is 2.68. The average Bonchev–Trinajstić information content (AvgIpc) is 2.96. The normalized spacial score (nSPS) is 43.9. The molecule has 0 bridgehead atoms. The third-order valence-corrected chi connectivity index (χ3v) is 10.2. The molecule has 4 saturated carbocycles. The van der Waals surface area contributed by atoms with E-state index in [0.717, 1.165) is 36.0 Å². The molecule has 0 amide bonds. The molecule has 1 unspecified atom stereocenters. The molecule has 0 saturated heterocycles. The molecule has 0 spiro atoms. The summed E-state index contributed by atoms with van der Waals surface area (Å²) in [6.45, 7) is 7.60. The summed E-state index contributed by atoms with van der Waals surface area (Å²) in [7, 11) is 0. The van der Waals surface area contributed by atoms with Crippen LogP contribution in [0.5, 0.6) is 0 Å². The summed E-state index contributed by atoms with van der Waals surface area (Å²) >= 11 is 0. The van der Waals surface area contributed by atoms with Gasteiger partial charge in [-0.05, 0) is 104 Å². The molecule has 172 valence electrons. The van der Waals surface area contributed by atoms with E-state index in [1.165, 1.54) is 64.2 Å². The zero-order valence-corrected chi connectivity index (χ0v) is 18.8. The molecule has 5 heteroatoms. The Morgan fingerprint density at radius 2 is 1.59 bits per heavy atom. The number of carboxylic acid groups (broad SMARTS) is 1. The summed E-state index contributed by atoms with van der Waals surface area (Å²) in [5.41, 5.74) is 1.12. The molecule has 0 radical (unpaired) electrons. The van der Waals surface area contributed by atoms with Gasteiger partial charge in [0.2, 0.25) is 0 Å². The van der Waals surface area contributed by atoms with Crippen molar-refractivity contribution in [3.63, 3.8) is 0 Å². The quantitative estimate of drug-likeness (QED) is 0.743. The van der Waals surface area contributed by atoms with Crippen LogP contribution in [0, 0.1) is 46.3 Å². The van der Waals surface area contributed by atoms with E-state index in [9.17, 15) is 4.79 Å². The van der Waals surface area contributed by atoms with Crippen molar-refractivity contribution in [2.45, 2.75) is 97.8 Å². The van der Waals surface area contributed by atoms with Crippen LogP contribution in [0.25, 0.3) is 0 Å². The molecule has 4 rings (SSSR count). The van der Waals surface area contributed by atoms with E-state index < -0.39 is 5.97 Å². The smallest absolute Gasteiger partial charge is 0.303 e. The summed E-state index contributed by atoms with van der Waals surface area (Å²) < 4.78 is 0. The minimum absolute atomic E-state index is 0. The maximum absolute atomic E-state index is 11.0. The van der Waals surface area contributed by atoms with Crippen LogP contribution in [0.1, 0.15) is 97.8 Å². The van der Waals surface area contributed by atoms with E-state index in [0.29, 0.717) is 23.2 Å². The van der Waals surface area contributed by atoms with Crippen molar-refractivity contribution in [3.05, 3.63) is 0 Å². The highest BCUT2D eigenvalue weighted by molar-refractivity contribution is 5.66. The number of hydrogen-bond acceptors (Lipinski definition) is 1. The second-order valence-corrected chi connectivity index (χ2v) is 11.0. The molecule has 4 aliphatic carbocycles. The fourth-order valence-corrected chi connectivity index (χ4v) is 8.82. The van der Waals surface area contributed by atoms with Crippen molar-refractivity contribution in [3.8, 4) is 0 Å². The maximum atomic E-state index is 11.0. The van der Waals surface area contributed by atoms with Gasteiger partial charge in [-0.2, -0.15) is 0 Å². The van der Waals surface area contributed by atoms with E-state index in [1.54, 1.807) is 0 Å². The molecule has 29 heavy (non-hydrogen) atoms. The minimum Gasteiger partial charge on any atom is -0.481 e. The van der Waals surface area contributed by atoms with Crippen LogP contribution in [0.3, 0.4) is 0 Å². The summed E-state index contributed by atoms with van der Waals surface area (Å²) in [5.74, 6) is 4.57. The molecule has 8 atom stereocenters. The number of carbonyl (C=O) groups is 1. The first-order valence-corrected chi connectivity index (χ1v) is 11.6. The molecule has 0 aromatic carbocycles. The van der Waals surface area contributed by atoms with Crippen LogP contribution in [-0.2, 0) is 4.79 Å². The minimum atomic E-state index is -0.621. The number of carboxylic acids is 1. The lowest BCUT2D eigenvalue weighted by Gasteiger charge is -2.61. The first kappa shape index (κ1) is 26.4. The predicted molar refractivity (Wildman–Crippen MR) is 117 cm³/mol. The second-order valence-electron chi connectivity index (χ2n) is 11.0. The number of aliphatic carboxylic acids is 1. The zero-order chi connectivity index (χ0) is 18.5. The van der Waals surface area contributed by atoms with Crippen molar-refractivity contribution in [1.29, 1.82) is 0 Å². The Labute approximate surface area is 177 Å². The molecule has 0 aromatic heterocycles. The van der Waals surface area contributed by atoms with E-state index in [4.69, 9.17) is 5.11 Å².